The summed E-state index contributed by atoms with van der Waals surface area (Å²) >= 11 is 0. The standard InChI is InChI=1S/C16H23F2N3O4/c1-14(2,3)25-13(22)20-15-8-16(9-15,10-15)21-7-11(6-19-21)23-4-5-24-12(17)18/h6-7,12H,4-5,8-10H2,1-3H3,(H,20,22). The molecule has 9 heteroatoms. The summed E-state index contributed by atoms with van der Waals surface area (Å²) < 4.78 is 40.3. The lowest BCUT2D eigenvalue weighted by molar-refractivity contribution is -0.143. The van der Waals surface area contributed by atoms with Gasteiger partial charge in [-0.2, -0.15) is 13.9 Å². The van der Waals surface area contributed by atoms with Crippen LogP contribution in [0.5, 0.6) is 5.75 Å². The highest BCUT2D eigenvalue weighted by molar-refractivity contribution is 5.70. The Bertz CT molecular complexity index is 622. The Morgan fingerprint density at radius 2 is 2.04 bits per heavy atom. The van der Waals surface area contributed by atoms with Gasteiger partial charge in [0.05, 0.1) is 30.1 Å². The Balaban J connectivity index is 1.45. The van der Waals surface area contributed by atoms with Gasteiger partial charge in [-0.1, -0.05) is 0 Å². The van der Waals surface area contributed by atoms with Gasteiger partial charge in [-0.15, -0.1) is 0 Å². The number of amides is 1. The molecule has 0 aromatic carbocycles. The zero-order chi connectivity index (χ0) is 18.3. The Kier molecular flexibility index (Phi) is 4.38. The monoisotopic (exact) mass is 359 g/mol. The maximum atomic E-state index is 11.9. The molecule has 2 bridgehead atoms. The van der Waals surface area contributed by atoms with Crippen LogP contribution in [0.3, 0.4) is 0 Å². The molecule has 7 nitrogen and oxygen atoms in total. The molecule has 1 amide bonds. The van der Waals surface area contributed by atoms with Gasteiger partial charge in [0.1, 0.15) is 12.2 Å². The van der Waals surface area contributed by atoms with Crippen LogP contribution in [0, 0.1) is 0 Å². The topological polar surface area (TPSA) is 74.6 Å². The van der Waals surface area contributed by atoms with Crippen molar-refractivity contribution in [3.8, 4) is 5.75 Å². The third-order valence-electron chi connectivity index (χ3n) is 4.41. The first-order chi connectivity index (χ1) is 11.6. The molecule has 3 aliphatic rings. The fraction of sp³-hybridized carbons (Fsp3) is 0.750. The zero-order valence-corrected chi connectivity index (χ0v) is 14.6. The van der Waals surface area contributed by atoms with Crippen LogP contribution in [0.4, 0.5) is 13.6 Å². The third kappa shape index (κ3) is 3.86. The largest absolute Gasteiger partial charge is 0.488 e. The molecule has 0 saturated heterocycles. The van der Waals surface area contributed by atoms with Crippen LogP contribution < -0.4 is 10.1 Å². The Morgan fingerprint density at radius 3 is 2.64 bits per heavy atom. The van der Waals surface area contributed by atoms with E-state index >= 15 is 0 Å². The average Bonchev–Trinajstić information content (AvgIpc) is 2.83. The van der Waals surface area contributed by atoms with Gasteiger partial charge < -0.3 is 19.5 Å². The molecule has 3 fully saturated rings. The van der Waals surface area contributed by atoms with Crippen molar-refractivity contribution in [3.05, 3.63) is 12.4 Å². The maximum Gasteiger partial charge on any atom is 0.408 e. The molecule has 0 radical (unpaired) electrons. The molecule has 0 spiro atoms. The number of nitrogens with one attached hydrogen (secondary N) is 1. The van der Waals surface area contributed by atoms with Crippen molar-refractivity contribution in [2.24, 2.45) is 0 Å². The number of aromatic nitrogens is 2. The van der Waals surface area contributed by atoms with E-state index in [2.05, 4.69) is 15.2 Å². The number of carbonyl (C=O) groups is 1. The van der Waals surface area contributed by atoms with Crippen molar-refractivity contribution in [2.75, 3.05) is 13.2 Å². The Labute approximate surface area is 144 Å². The maximum absolute atomic E-state index is 11.9. The van der Waals surface area contributed by atoms with E-state index < -0.39 is 18.3 Å². The van der Waals surface area contributed by atoms with Gasteiger partial charge in [0, 0.05) is 0 Å². The lowest BCUT2D eigenvalue weighted by Gasteiger charge is -2.69. The van der Waals surface area contributed by atoms with Crippen LogP contribution in [-0.2, 0) is 15.0 Å². The number of carbonyl (C=O) groups excluding carboxylic acids is 1. The van der Waals surface area contributed by atoms with Crippen molar-refractivity contribution >= 4 is 6.09 Å². The van der Waals surface area contributed by atoms with Gasteiger partial charge >= 0.3 is 12.7 Å². The minimum absolute atomic E-state index is 0.0349. The zero-order valence-electron chi connectivity index (χ0n) is 14.6. The number of ether oxygens (including phenoxy) is 3. The van der Waals surface area contributed by atoms with Crippen LogP contribution in [0.2, 0.25) is 0 Å². The van der Waals surface area contributed by atoms with Gasteiger partial charge in [0.2, 0.25) is 0 Å². The normalized spacial score (nSPS) is 27.4. The van der Waals surface area contributed by atoms with Crippen LogP contribution in [0.25, 0.3) is 0 Å². The van der Waals surface area contributed by atoms with Crippen LogP contribution in [0.1, 0.15) is 40.0 Å². The lowest BCUT2D eigenvalue weighted by Crippen LogP contribution is -2.79. The second-order valence-electron chi connectivity index (χ2n) is 7.76. The summed E-state index contributed by atoms with van der Waals surface area (Å²) in [4.78, 5) is 11.9. The minimum Gasteiger partial charge on any atom is -0.488 e. The van der Waals surface area contributed by atoms with E-state index in [1.54, 1.807) is 12.4 Å². The van der Waals surface area contributed by atoms with Crippen molar-refractivity contribution in [2.45, 2.75) is 63.3 Å². The molecule has 0 atom stereocenters. The molecule has 1 heterocycles. The molecule has 0 aliphatic heterocycles. The lowest BCUT2D eigenvalue weighted by atomic mass is 9.44. The second kappa shape index (κ2) is 6.12. The summed E-state index contributed by atoms with van der Waals surface area (Å²) in [7, 11) is 0. The first kappa shape index (κ1) is 17.9. The number of halogens is 2. The summed E-state index contributed by atoms with van der Waals surface area (Å²) in [6.45, 7) is 2.54. The molecule has 4 rings (SSSR count). The highest BCUT2D eigenvalue weighted by Gasteiger charge is 2.70. The van der Waals surface area contributed by atoms with Crippen molar-refractivity contribution in [1.82, 2.24) is 15.1 Å². The van der Waals surface area contributed by atoms with Crippen LogP contribution >= 0.6 is 0 Å². The fourth-order valence-electron chi connectivity index (χ4n) is 3.57. The van der Waals surface area contributed by atoms with Gasteiger partial charge in [-0.05, 0) is 40.0 Å². The van der Waals surface area contributed by atoms with Crippen LogP contribution in [-0.4, -0.2) is 46.8 Å². The molecule has 25 heavy (non-hydrogen) atoms. The number of nitrogens with zero attached hydrogens (tertiary/aromatic N) is 2. The van der Waals surface area contributed by atoms with E-state index in [0.29, 0.717) is 5.75 Å². The number of alkyl halides is 2. The summed E-state index contributed by atoms with van der Waals surface area (Å²) in [6.07, 6.45) is 5.26. The molecule has 1 aromatic rings. The minimum atomic E-state index is -2.79. The van der Waals surface area contributed by atoms with Crippen LogP contribution in [0.15, 0.2) is 12.4 Å². The van der Waals surface area contributed by atoms with Gasteiger partial charge in [0.15, 0.2) is 5.75 Å². The van der Waals surface area contributed by atoms with E-state index in [4.69, 9.17) is 9.47 Å². The van der Waals surface area contributed by atoms with Crippen molar-refractivity contribution in [3.63, 3.8) is 0 Å². The van der Waals surface area contributed by atoms with E-state index in [0.717, 1.165) is 19.3 Å². The molecule has 1 N–H and O–H groups in total. The van der Waals surface area contributed by atoms with E-state index in [9.17, 15) is 13.6 Å². The summed E-state index contributed by atoms with van der Waals surface area (Å²) in [5.41, 5.74) is -0.829. The summed E-state index contributed by atoms with van der Waals surface area (Å²) in [5.74, 6) is 0.511. The van der Waals surface area contributed by atoms with E-state index in [1.807, 2.05) is 25.5 Å². The smallest absolute Gasteiger partial charge is 0.408 e. The second-order valence-corrected chi connectivity index (χ2v) is 7.76. The molecular weight excluding hydrogens is 336 g/mol. The molecule has 1 aromatic heterocycles. The first-order valence-corrected chi connectivity index (χ1v) is 8.20. The predicted octanol–water partition coefficient (Wildman–Crippen LogP) is 2.66. The third-order valence-corrected chi connectivity index (χ3v) is 4.41. The Hall–Kier alpha value is -1.90. The summed E-state index contributed by atoms with van der Waals surface area (Å²) in [5, 5.41) is 7.24. The number of hydrogen-bond acceptors (Lipinski definition) is 5. The van der Waals surface area contributed by atoms with E-state index in [-0.39, 0.29) is 24.3 Å². The molecule has 3 aliphatic carbocycles. The highest BCUT2D eigenvalue weighted by Crippen LogP contribution is 2.65. The summed E-state index contributed by atoms with van der Waals surface area (Å²) in [6, 6.07) is 0. The number of hydrogen-bond donors (Lipinski definition) is 1. The van der Waals surface area contributed by atoms with Gasteiger partial charge in [-0.3, -0.25) is 4.68 Å². The fourth-order valence-corrected chi connectivity index (χ4v) is 3.57. The molecule has 3 saturated carbocycles. The molecule has 0 unspecified atom stereocenters. The number of rotatable bonds is 7. The van der Waals surface area contributed by atoms with Gasteiger partial charge in [0.25, 0.3) is 0 Å². The van der Waals surface area contributed by atoms with Crippen molar-refractivity contribution in [1.29, 1.82) is 0 Å². The molecular formula is C16H23F2N3O4. The number of alkyl carbamates (subject to hydrolysis) is 1. The SMILES string of the molecule is CC(C)(C)OC(=O)NC12CC(n3cc(OCCOC(F)F)cn3)(C1)C2. The average molecular weight is 359 g/mol. The first-order valence-electron chi connectivity index (χ1n) is 8.20. The van der Waals surface area contributed by atoms with E-state index in [1.165, 1.54) is 0 Å². The van der Waals surface area contributed by atoms with Gasteiger partial charge in [-0.25, -0.2) is 4.79 Å². The highest BCUT2D eigenvalue weighted by atomic mass is 19.3. The molecule has 140 valence electrons. The van der Waals surface area contributed by atoms with Crippen molar-refractivity contribution < 1.29 is 27.8 Å². The quantitative estimate of drug-likeness (QED) is 0.758. The Morgan fingerprint density at radius 1 is 1.36 bits per heavy atom. The predicted molar refractivity (Wildman–Crippen MR) is 83.6 cm³/mol.